The topological polar surface area (TPSA) is 63.4 Å². The van der Waals surface area contributed by atoms with Crippen LogP contribution in [0.5, 0.6) is 0 Å². The lowest BCUT2D eigenvalue weighted by molar-refractivity contribution is -0.132. The molecule has 22 heavy (non-hydrogen) atoms. The predicted molar refractivity (Wildman–Crippen MR) is 87.3 cm³/mol. The summed E-state index contributed by atoms with van der Waals surface area (Å²) in [4.78, 5) is 24.5. The van der Waals surface area contributed by atoms with E-state index in [-0.39, 0.29) is 11.8 Å². The van der Waals surface area contributed by atoms with Crippen LogP contribution in [-0.4, -0.2) is 29.8 Å². The number of carbonyl (C=O) groups excluding carboxylic acids is 2. The van der Waals surface area contributed by atoms with Crippen molar-refractivity contribution in [2.45, 2.75) is 45.4 Å². The van der Waals surface area contributed by atoms with Gasteiger partial charge >= 0.3 is 0 Å². The monoisotopic (exact) mass is 302 g/mol. The number of aryl methyl sites for hydroxylation is 1. The summed E-state index contributed by atoms with van der Waals surface area (Å²) in [5.74, 6) is 0.687. The number of benzene rings is 1. The molecule has 0 spiro atoms. The smallest absolute Gasteiger partial charge is 0.222 e. The van der Waals surface area contributed by atoms with Crippen LogP contribution in [0.25, 0.3) is 0 Å². The van der Waals surface area contributed by atoms with E-state index in [0.29, 0.717) is 25.2 Å². The Hall–Kier alpha value is -1.84. The van der Waals surface area contributed by atoms with E-state index >= 15 is 0 Å². The second kappa shape index (κ2) is 7.97. The van der Waals surface area contributed by atoms with E-state index in [1.54, 1.807) is 0 Å². The lowest BCUT2D eigenvalue weighted by Gasteiger charge is -2.32. The van der Waals surface area contributed by atoms with Gasteiger partial charge in [-0.05, 0) is 42.7 Å². The molecule has 0 aliphatic carbocycles. The van der Waals surface area contributed by atoms with Crippen molar-refractivity contribution in [3.63, 3.8) is 0 Å². The molecule has 1 fully saturated rings. The molecule has 2 amide bonds. The predicted octanol–water partition coefficient (Wildman–Crippen LogP) is 2.30. The van der Waals surface area contributed by atoms with Crippen LogP contribution in [0, 0.1) is 5.92 Å². The number of carbonyl (C=O) groups is 2. The van der Waals surface area contributed by atoms with Crippen molar-refractivity contribution in [1.29, 1.82) is 0 Å². The molecule has 1 saturated heterocycles. The lowest BCUT2D eigenvalue weighted by Crippen LogP contribution is -2.38. The molecule has 2 rings (SSSR count). The van der Waals surface area contributed by atoms with Crippen LogP contribution in [-0.2, 0) is 22.4 Å². The quantitative estimate of drug-likeness (QED) is 0.876. The molecule has 1 aliphatic rings. The van der Waals surface area contributed by atoms with Crippen LogP contribution in [0.15, 0.2) is 24.3 Å². The maximum Gasteiger partial charge on any atom is 0.222 e. The number of primary amides is 1. The average molecular weight is 302 g/mol. The van der Waals surface area contributed by atoms with Gasteiger partial charge in [0.05, 0.1) is 0 Å². The maximum absolute atomic E-state index is 11.7. The summed E-state index contributed by atoms with van der Waals surface area (Å²) in [6.07, 6.45) is 4.99. The van der Waals surface area contributed by atoms with Crippen LogP contribution in [0.3, 0.4) is 0 Å². The van der Waals surface area contributed by atoms with Crippen LogP contribution < -0.4 is 5.73 Å². The fraction of sp³-hybridized carbons (Fsp3) is 0.556. The van der Waals surface area contributed by atoms with Gasteiger partial charge in [-0.3, -0.25) is 9.59 Å². The molecule has 0 saturated carbocycles. The highest BCUT2D eigenvalue weighted by Gasteiger charge is 2.21. The van der Waals surface area contributed by atoms with Gasteiger partial charge < -0.3 is 10.6 Å². The molecule has 4 nitrogen and oxygen atoms in total. The fourth-order valence-electron chi connectivity index (χ4n) is 3.05. The van der Waals surface area contributed by atoms with E-state index in [1.807, 2.05) is 11.8 Å². The number of nitrogens with zero attached hydrogens (tertiary/aromatic N) is 1. The highest BCUT2D eigenvalue weighted by Crippen LogP contribution is 2.22. The fourth-order valence-corrected chi connectivity index (χ4v) is 3.05. The number of nitrogens with two attached hydrogens (primary N) is 1. The summed E-state index contributed by atoms with van der Waals surface area (Å²) in [5, 5.41) is 0. The number of hydrogen-bond acceptors (Lipinski definition) is 2. The zero-order chi connectivity index (χ0) is 15.9. The standard InChI is InChI=1S/C18H26N2O2/c1-2-18(22)20-11-9-16(10-12-20)13-15-5-3-14(4-6-15)7-8-17(19)21/h3-6,16H,2,7-13H2,1H3,(H2,19,21). The Morgan fingerprint density at radius 2 is 1.73 bits per heavy atom. The van der Waals surface area contributed by atoms with Crippen molar-refractivity contribution in [2.24, 2.45) is 11.7 Å². The van der Waals surface area contributed by atoms with Gasteiger partial charge in [-0.25, -0.2) is 0 Å². The van der Waals surface area contributed by atoms with Gasteiger partial charge in [0.2, 0.25) is 11.8 Å². The molecule has 0 unspecified atom stereocenters. The van der Waals surface area contributed by atoms with Gasteiger partial charge in [-0.2, -0.15) is 0 Å². The maximum atomic E-state index is 11.7. The van der Waals surface area contributed by atoms with Crippen LogP contribution in [0.2, 0.25) is 0 Å². The lowest BCUT2D eigenvalue weighted by atomic mass is 9.89. The van der Waals surface area contributed by atoms with Crippen molar-refractivity contribution in [2.75, 3.05) is 13.1 Å². The van der Waals surface area contributed by atoms with Gasteiger partial charge in [0.1, 0.15) is 0 Å². The molecule has 1 aromatic rings. The third-order valence-electron chi connectivity index (χ3n) is 4.48. The minimum atomic E-state index is -0.252. The van der Waals surface area contributed by atoms with Crippen molar-refractivity contribution < 1.29 is 9.59 Å². The third-order valence-corrected chi connectivity index (χ3v) is 4.48. The highest BCUT2D eigenvalue weighted by atomic mass is 16.2. The first-order valence-electron chi connectivity index (χ1n) is 8.22. The third kappa shape index (κ3) is 4.86. The average Bonchev–Trinajstić information content (AvgIpc) is 2.54. The summed E-state index contributed by atoms with van der Waals surface area (Å²) in [6, 6.07) is 8.49. The Balaban J connectivity index is 1.80. The van der Waals surface area contributed by atoms with E-state index in [2.05, 4.69) is 24.3 Å². The minimum Gasteiger partial charge on any atom is -0.370 e. The zero-order valence-corrected chi connectivity index (χ0v) is 13.4. The Morgan fingerprint density at radius 1 is 1.14 bits per heavy atom. The van der Waals surface area contributed by atoms with Crippen LogP contribution in [0.4, 0.5) is 0 Å². The van der Waals surface area contributed by atoms with Crippen molar-refractivity contribution in [1.82, 2.24) is 4.90 Å². The first-order valence-corrected chi connectivity index (χ1v) is 8.22. The summed E-state index contributed by atoms with van der Waals surface area (Å²) in [7, 11) is 0. The van der Waals surface area contributed by atoms with Crippen molar-refractivity contribution >= 4 is 11.8 Å². The molecule has 0 aromatic heterocycles. The number of hydrogen-bond donors (Lipinski definition) is 1. The molecule has 0 atom stereocenters. The van der Waals surface area contributed by atoms with Gasteiger partial charge in [-0.1, -0.05) is 31.2 Å². The van der Waals surface area contributed by atoms with Gasteiger partial charge in [0, 0.05) is 25.9 Å². The van der Waals surface area contributed by atoms with E-state index in [9.17, 15) is 9.59 Å². The molecule has 1 heterocycles. The molecule has 1 aromatic carbocycles. The Bertz CT molecular complexity index is 502. The van der Waals surface area contributed by atoms with E-state index in [1.165, 1.54) is 5.56 Å². The van der Waals surface area contributed by atoms with Crippen molar-refractivity contribution in [3.05, 3.63) is 35.4 Å². The number of amides is 2. The molecule has 1 aliphatic heterocycles. The largest absolute Gasteiger partial charge is 0.370 e. The second-order valence-corrected chi connectivity index (χ2v) is 6.16. The number of likely N-dealkylation sites (tertiary alicyclic amines) is 1. The summed E-state index contributed by atoms with van der Waals surface area (Å²) >= 11 is 0. The van der Waals surface area contributed by atoms with Gasteiger partial charge in [0.15, 0.2) is 0 Å². The SMILES string of the molecule is CCC(=O)N1CCC(Cc2ccc(CCC(N)=O)cc2)CC1. The van der Waals surface area contributed by atoms with Crippen LogP contribution >= 0.6 is 0 Å². The molecule has 0 radical (unpaired) electrons. The van der Waals surface area contributed by atoms with Gasteiger partial charge in [-0.15, -0.1) is 0 Å². The number of piperidine rings is 1. The molecule has 120 valence electrons. The first kappa shape index (κ1) is 16.5. The van der Waals surface area contributed by atoms with Crippen molar-refractivity contribution in [3.8, 4) is 0 Å². The summed E-state index contributed by atoms with van der Waals surface area (Å²) < 4.78 is 0. The summed E-state index contributed by atoms with van der Waals surface area (Å²) in [6.45, 7) is 3.72. The summed E-state index contributed by atoms with van der Waals surface area (Å²) in [5.41, 5.74) is 7.66. The van der Waals surface area contributed by atoms with Crippen LogP contribution in [0.1, 0.15) is 43.7 Å². The Labute approximate surface area is 132 Å². The van der Waals surface area contributed by atoms with E-state index < -0.39 is 0 Å². The molecular formula is C18H26N2O2. The highest BCUT2D eigenvalue weighted by molar-refractivity contribution is 5.75. The normalized spacial score (nSPS) is 15.8. The molecule has 4 heteroatoms. The first-order chi connectivity index (χ1) is 10.6. The zero-order valence-electron chi connectivity index (χ0n) is 13.4. The molecular weight excluding hydrogens is 276 g/mol. The molecule has 2 N–H and O–H groups in total. The Morgan fingerprint density at radius 3 is 2.27 bits per heavy atom. The van der Waals surface area contributed by atoms with E-state index in [0.717, 1.165) is 37.9 Å². The van der Waals surface area contributed by atoms with E-state index in [4.69, 9.17) is 5.73 Å². The molecule has 0 bridgehead atoms. The number of rotatable bonds is 6. The second-order valence-electron chi connectivity index (χ2n) is 6.16. The van der Waals surface area contributed by atoms with Gasteiger partial charge in [0.25, 0.3) is 0 Å². The Kier molecular flexibility index (Phi) is 5.99. The minimum absolute atomic E-state index is 0.252.